The summed E-state index contributed by atoms with van der Waals surface area (Å²) >= 11 is 0. The predicted octanol–water partition coefficient (Wildman–Crippen LogP) is -0.712. The highest BCUT2D eigenvalue weighted by Crippen LogP contribution is 2.34. The summed E-state index contributed by atoms with van der Waals surface area (Å²) in [7, 11) is -1.89. The monoisotopic (exact) mass is 277 g/mol. The first-order valence-corrected chi connectivity index (χ1v) is 7.89. The van der Waals surface area contributed by atoms with Gasteiger partial charge in [0, 0.05) is 13.1 Å². The van der Waals surface area contributed by atoms with E-state index in [9.17, 15) is 13.2 Å². The Labute approximate surface area is 109 Å². The third-order valence-electron chi connectivity index (χ3n) is 3.71. The van der Waals surface area contributed by atoms with E-state index >= 15 is 0 Å². The lowest BCUT2D eigenvalue weighted by Gasteiger charge is -2.31. The second-order valence-corrected chi connectivity index (χ2v) is 7.06. The SMILES string of the molecule is CNS(=O)(=O)CCNC(=O)C1(C(C)C)CCNC1. The van der Waals surface area contributed by atoms with Crippen LogP contribution in [0.15, 0.2) is 0 Å². The van der Waals surface area contributed by atoms with Crippen LogP contribution >= 0.6 is 0 Å². The molecule has 0 bridgehead atoms. The van der Waals surface area contributed by atoms with E-state index in [1.54, 1.807) is 0 Å². The molecule has 1 fully saturated rings. The zero-order valence-electron chi connectivity index (χ0n) is 11.2. The summed E-state index contributed by atoms with van der Waals surface area (Å²) in [6, 6.07) is 0. The van der Waals surface area contributed by atoms with Gasteiger partial charge in [0.2, 0.25) is 15.9 Å². The van der Waals surface area contributed by atoms with Gasteiger partial charge in [0.05, 0.1) is 11.2 Å². The smallest absolute Gasteiger partial charge is 0.227 e. The Morgan fingerprint density at radius 3 is 2.56 bits per heavy atom. The average molecular weight is 277 g/mol. The lowest BCUT2D eigenvalue weighted by molar-refractivity contribution is -0.132. The summed E-state index contributed by atoms with van der Waals surface area (Å²) in [6.07, 6.45) is 0.801. The first-order valence-electron chi connectivity index (χ1n) is 6.24. The van der Waals surface area contributed by atoms with Crippen molar-refractivity contribution in [3.63, 3.8) is 0 Å². The van der Waals surface area contributed by atoms with Crippen molar-refractivity contribution < 1.29 is 13.2 Å². The minimum Gasteiger partial charge on any atom is -0.354 e. The van der Waals surface area contributed by atoms with Crippen LogP contribution in [0.3, 0.4) is 0 Å². The predicted molar refractivity (Wildman–Crippen MR) is 70.6 cm³/mol. The minimum atomic E-state index is -3.26. The number of carbonyl (C=O) groups is 1. The summed E-state index contributed by atoms with van der Waals surface area (Å²) < 4.78 is 24.7. The van der Waals surface area contributed by atoms with Gasteiger partial charge >= 0.3 is 0 Å². The quantitative estimate of drug-likeness (QED) is 0.598. The fraction of sp³-hybridized carbons (Fsp3) is 0.909. The van der Waals surface area contributed by atoms with Crippen LogP contribution in [0.25, 0.3) is 0 Å². The van der Waals surface area contributed by atoms with Crippen molar-refractivity contribution in [3.8, 4) is 0 Å². The highest BCUT2D eigenvalue weighted by Gasteiger charge is 2.43. The van der Waals surface area contributed by atoms with E-state index < -0.39 is 15.4 Å². The standard InChI is InChI=1S/C11H23N3O3S/c1-9(2)11(4-5-13-8-11)10(15)14-6-7-18(16,17)12-3/h9,12-13H,4-8H2,1-3H3,(H,14,15). The molecule has 1 rings (SSSR count). The molecule has 1 atom stereocenters. The first-order chi connectivity index (χ1) is 8.34. The molecule has 0 saturated carbocycles. The van der Waals surface area contributed by atoms with Crippen LogP contribution < -0.4 is 15.4 Å². The third-order valence-corrected chi connectivity index (χ3v) is 5.08. The molecular formula is C11H23N3O3S. The number of carbonyl (C=O) groups excluding carboxylic acids is 1. The molecule has 0 spiro atoms. The molecule has 6 nitrogen and oxygen atoms in total. The van der Waals surface area contributed by atoms with Gasteiger partial charge in [-0.05, 0) is 25.9 Å². The molecule has 1 heterocycles. The summed E-state index contributed by atoms with van der Waals surface area (Å²) in [5, 5.41) is 5.94. The van der Waals surface area contributed by atoms with Gasteiger partial charge in [-0.3, -0.25) is 4.79 Å². The Balaban J connectivity index is 2.54. The molecule has 0 aliphatic carbocycles. The van der Waals surface area contributed by atoms with Crippen LogP contribution in [0.2, 0.25) is 0 Å². The Bertz CT molecular complexity index is 386. The van der Waals surface area contributed by atoms with Crippen molar-refractivity contribution in [2.75, 3.05) is 32.4 Å². The Morgan fingerprint density at radius 1 is 1.44 bits per heavy atom. The fourth-order valence-corrected chi connectivity index (χ4v) is 2.81. The van der Waals surface area contributed by atoms with Crippen molar-refractivity contribution in [1.29, 1.82) is 0 Å². The minimum absolute atomic E-state index is 0.0474. The van der Waals surface area contributed by atoms with Crippen molar-refractivity contribution in [1.82, 2.24) is 15.4 Å². The van der Waals surface area contributed by atoms with Crippen molar-refractivity contribution in [3.05, 3.63) is 0 Å². The van der Waals surface area contributed by atoms with Gasteiger partial charge in [0.25, 0.3) is 0 Å². The topological polar surface area (TPSA) is 87.3 Å². The van der Waals surface area contributed by atoms with Crippen LogP contribution in [0, 0.1) is 11.3 Å². The molecule has 0 aromatic carbocycles. The zero-order valence-corrected chi connectivity index (χ0v) is 12.1. The molecule has 1 unspecified atom stereocenters. The van der Waals surface area contributed by atoms with Gasteiger partial charge < -0.3 is 10.6 Å². The number of amides is 1. The van der Waals surface area contributed by atoms with Crippen LogP contribution in [0.5, 0.6) is 0 Å². The van der Waals surface area contributed by atoms with E-state index in [1.807, 2.05) is 13.8 Å². The van der Waals surface area contributed by atoms with Crippen LogP contribution in [0.1, 0.15) is 20.3 Å². The van der Waals surface area contributed by atoms with Gasteiger partial charge in [-0.25, -0.2) is 13.1 Å². The maximum atomic E-state index is 12.2. The maximum Gasteiger partial charge on any atom is 0.227 e. The summed E-state index contributed by atoms with van der Waals surface area (Å²) in [5.74, 6) is 0.0961. The van der Waals surface area contributed by atoms with Gasteiger partial charge in [-0.1, -0.05) is 13.8 Å². The summed E-state index contributed by atoms with van der Waals surface area (Å²) in [5.41, 5.74) is -0.399. The van der Waals surface area contributed by atoms with Gasteiger partial charge in [0.15, 0.2) is 0 Å². The molecule has 1 amide bonds. The van der Waals surface area contributed by atoms with E-state index in [2.05, 4.69) is 15.4 Å². The molecule has 1 aliphatic rings. The third kappa shape index (κ3) is 3.43. The number of rotatable bonds is 6. The molecule has 7 heteroatoms. The van der Waals surface area contributed by atoms with Crippen molar-refractivity contribution >= 4 is 15.9 Å². The number of nitrogens with one attached hydrogen (secondary N) is 3. The Hall–Kier alpha value is -0.660. The van der Waals surface area contributed by atoms with Crippen molar-refractivity contribution in [2.45, 2.75) is 20.3 Å². The molecule has 1 saturated heterocycles. The number of hydrogen-bond acceptors (Lipinski definition) is 4. The normalized spacial score (nSPS) is 24.4. The van der Waals surface area contributed by atoms with Crippen LogP contribution in [-0.2, 0) is 14.8 Å². The average Bonchev–Trinajstić information content (AvgIpc) is 2.79. The molecular weight excluding hydrogens is 254 g/mol. The molecule has 0 radical (unpaired) electrons. The number of hydrogen-bond donors (Lipinski definition) is 3. The lowest BCUT2D eigenvalue weighted by atomic mass is 9.75. The molecule has 18 heavy (non-hydrogen) atoms. The fourth-order valence-electron chi connectivity index (χ4n) is 2.24. The molecule has 106 valence electrons. The second kappa shape index (κ2) is 5.99. The molecule has 0 aromatic heterocycles. The van der Waals surface area contributed by atoms with Crippen LogP contribution in [-0.4, -0.2) is 46.8 Å². The number of sulfonamides is 1. The molecule has 1 aliphatic heterocycles. The largest absolute Gasteiger partial charge is 0.354 e. The van der Waals surface area contributed by atoms with Gasteiger partial charge in [-0.2, -0.15) is 0 Å². The van der Waals surface area contributed by atoms with E-state index in [-0.39, 0.29) is 24.1 Å². The highest BCUT2D eigenvalue weighted by atomic mass is 32.2. The van der Waals surface area contributed by atoms with Crippen molar-refractivity contribution in [2.24, 2.45) is 11.3 Å². The van der Waals surface area contributed by atoms with Gasteiger partial charge in [-0.15, -0.1) is 0 Å². The van der Waals surface area contributed by atoms with E-state index in [0.29, 0.717) is 6.54 Å². The van der Waals surface area contributed by atoms with E-state index in [4.69, 9.17) is 0 Å². The maximum absolute atomic E-state index is 12.2. The van der Waals surface area contributed by atoms with Crippen LogP contribution in [0.4, 0.5) is 0 Å². The van der Waals surface area contributed by atoms with E-state index in [0.717, 1.165) is 13.0 Å². The molecule has 0 aromatic rings. The first kappa shape index (κ1) is 15.4. The second-order valence-electron chi connectivity index (χ2n) is 5.02. The highest BCUT2D eigenvalue weighted by molar-refractivity contribution is 7.89. The Kier molecular flexibility index (Phi) is 5.12. The summed E-state index contributed by atoms with van der Waals surface area (Å²) in [6.45, 7) is 5.69. The summed E-state index contributed by atoms with van der Waals surface area (Å²) in [4.78, 5) is 12.2. The lowest BCUT2D eigenvalue weighted by Crippen LogP contribution is -2.47. The Morgan fingerprint density at radius 2 is 2.11 bits per heavy atom. The molecule has 3 N–H and O–H groups in total. The van der Waals surface area contributed by atoms with E-state index in [1.165, 1.54) is 7.05 Å². The zero-order chi connectivity index (χ0) is 13.8. The van der Waals surface area contributed by atoms with Gasteiger partial charge in [0.1, 0.15) is 0 Å².